The molecule has 1 aliphatic carbocycles. The van der Waals surface area contributed by atoms with Crippen LogP contribution in [0, 0.1) is 11.9 Å². The Balaban J connectivity index is 2.03. The lowest BCUT2D eigenvalue weighted by molar-refractivity contribution is 0.0926. The summed E-state index contributed by atoms with van der Waals surface area (Å²) < 4.78 is 25.7. The molecule has 5 heteroatoms. The lowest BCUT2D eigenvalue weighted by Gasteiger charge is -2.22. The molecule has 2 rings (SSSR count). The van der Waals surface area contributed by atoms with Crippen LogP contribution in [0.2, 0.25) is 0 Å². The fraction of sp³-hybridized carbons (Fsp3) is 0.500. The Morgan fingerprint density at radius 1 is 1.18 bits per heavy atom. The van der Waals surface area contributed by atoms with Gasteiger partial charge in [0.05, 0.1) is 0 Å². The minimum absolute atomic E-state index is 0.0134. The maximum atomic E-state index is 12.8. The molecule has 0 radical (unpaired) electrons. The molecule has 1 aromatic heterocycles. The zero-order chi connectivity index (χ0) is 12.3. The molecule has 1 amide bonds. The largest absolute Gasteiger partial charge is 0.349 e. The first kappa shape index (κ1) is 12.0. The Hall–Kier alpha value is -1.52. The number of amides is 1. The normalized spacial score (nSPS) is 16.8. The van der Waals surface area contributed by atoms with Crippen LogP contribution in [-0.4, -0.2) is 16.9 Å². The summed E-state index contributed by atoms with van der Waals surface area (Å²) in [7, 11) is 0. The summed E-state index contributed by atoms with van der Waals surface area (Å²) in [4.78, 5) is 14.7. The molecular weight excluding hydrogens is 226 g/mol. The quantitative estimate of drug-likeness (QED) is 0.807. The van der Waals surface area contributed by atoms with Crippen molar-refractivity contribution in [3.05, 3.63) is 29.6 Å². The van der Waals surface area contributed by atoms with E-state index in [1.165, 1.54) is 6.42 Å². The first-order valence-electron chi connectivity index (χ1n) is 5.79. The molecule has 0 atom stereocenters. The standard InChI is InChI=1S/C12H14F2N2O/c13-10-6-8(7-11(14)16-10)12(17)15-9-4-2-1-3-5-9/h6-7,9H,1-5H2,(H,15,17). The van der Waals surface area contributed by atoms with Gasteiger partial charge in [0.1, 0.15) is 0 Å². The van der Waals surface area contributed by atoms with Gasteiger partial charge in [0, 0.05) is 23.7 Å². The Labute approximate surface area is 98.2 Å². The molecule has 0 bridgehead atoms. The van der Waals surface area contributed by atoms with E-state index in [-0.39, 0.29) is 11.6 Å². The average molecular weight is 240 g/mol. The van der Waals surface area contributed by atoms with Gasteiger partial charge in [0.25, 0.3) is 5.91 Å². The zero-order valence-electron chi connectivity index (χ0n) is 9.38. The predicted molar refractivity (Wildman–Crippen MR) is 58.5 cm³/mol. The third-order valence-electron chi connectivity index (χ3n) is 2.97. The molecule has 0 aromatic carbocycles. The minimum Gasteiger partial charge on any atom is -0.349 e. The van der Waals surface area contributed by atoms with Crippen molar-refractivity contribution in [1.82, 2.24) is 10.3 Å². The number of carbonyl (C=O) groups is 1. The lowest BCUT2D eigenvalue weighted by Crippen LogP contribution is -2.36. The van der Waals surface area contributed by atoms with Crippen LogP contribution >= 0.6 is 0 Å². The van der Waals surface area contributed by atoms with E-state index < -0.39 is 17.8 Å². The second-order valence-corrected chi connectivity index (χ2v) is 4.31. The van der Waals surface area contributed by atoms with E-state index in [1.54, 1.807) is 0 Å². The van der Waals surface area contributed by atoms with E-state index in [4.69, 9.17) is 0 Å². The van der Waals surface area contributed by atoms with Crippen molar-refractivity contribution in [2.45, 2.75) is 38.1 Å². The number of halogens is 2. The predicted octanol–water partition coefficient (Wildman–Crippen LogP) is 2.42. The molecule has 1 N–H and O–H groups in total. The van der Waals surface area contributed by atoms with Crippen molar-refractivity contribution < 1.29 is 13.6 Å². The third kappa shape index (κ3) is 3.22. The van der Waals surface area contributed by atoms with Crippen LogP contribution in [0.15, 0.2) is 12.1 Å². The monoisotopic (exact) mass is 240 g/mol. The van der Waals surface area contributed by atoms with Gasteiger partial charge in [-0.2, -0.15) is 13.8 Å². The second kappa shape index (κ2) is 5.21. The van der Waals surface area contributed by atoms with Crippen LogP contribution in [0.5, 0.6) is 0 Å². The van der Waals surface area contributed by atoms with Gasteiger partial charge in [-0.1, -0.05) is 19.3 Å². The number of pyridine rings is 1. The topological polar surface area (TPSA) is 42.0 Å². The Morgan fingerprint density at radius 2 is 1.76 bits per heavy atom. The molecule has 0 spiro atoms. The van der Waals surface area contributed by atoms with Gasteiger partial charge in [-0.15, -0.1) is 0 Å². The molecule has 0 aliphatic heterocycles. The summed E-state index contributed by atoms with van der Waals surface area (Å²) in [5.41, 5.74) is -0.0134. The van der Waals surface area contributed by atoms with Crippen molar-refractivity contribution in [2.24, 2.45) is 0 Å². The van der Waals surface area contributed by atoms with Crippen molar-refractivity contribution in [3.63, 3.8) is 0 Å². The SMILES string of the molecule is O=C(NC1CCCCC1)c1cc(F)nc(F)c1. The Morgan fingerprint density at radius 3 is 2.35 bits per heavy atom. The van der Waals surface area contributed by atoms with Crippen molar-refractivity contribution in [3.8, 4) is 0 Å². The Kier molecular flexibility index (Phi) is 3.66. The molecule has 0 saturated heterocycles. The zero-order valence-corrected chi connectivity index (χ0v) is 9.38. The van der Waals surface area contributed by atoms with Crippen LogP contribution in [0.1, 0.15) is 42.5 Å². The fourth-order valence-corrected chi connectivity index (χ4v) is 2.11. The van der Waals surface area contributed by atoms with Gasteiger partial charge in [-0.3, -0.25) is 4.79 Å². The van der Waals surface area contributed by atoms with E-state index in [1.807, 2.05) is 0 Å². The van der Waals surface area contributed by atoms with E-state index in [9.17, 15) is 13.6 Å². The maximum Gasteiger partial charge on any atom is 0.251 e. The first-order valence-corrected chi connectivity index (χ1v) is 5.79. The molecular formula is C12H14F2N2O. The van der Waals surface area contributed by atoms with Crippen molar-refractivity contribution in [2.75, 3.05) is 0 Å². The molecule has 1 aromatic rings. The highest BCUT2D eigenvalue weighted by Gasteiger charge is 2.17. The summed E-state index contributed by atoms with van der Waals surface area (Å²) in [5, 5.41) is 2.79. The van der Waals surface area contributed by atoms with Gasteiger partial charge in [-0.25, -0.2) is 0 Å². The van der Waals surface area contributed by atoms with E-state index >= 15 is 0 Å². The molecule has 0 unspecified atom stereocenters. The van der Waals surface area contributed by atoms with Crippen LogP contribution in [0.25, 0.3) is 0 Å². The minimum atomic E-state index is -0.973. The van der Waals surface area contributed by atoms with Gasteiger partial charge in [0.15, 0.2) is 0 Å². The molecule has 1 fully saturated rings. The number of rotatable bonds is 2. The summed E-state index contributed by atoms with van der Waals surface area (Å²) in [6, 6.07) is 2.01. The van der Waals surface area contributed by atoms with Crippen LogP contribution < -0.4 is 5.32 Å². The summed E-state index contributed by atoms with van der Waals surface area (Å²) in [6.45, 7) is 0. The maximum absolute atomic E-state index is 12.8. The number of nitrogens with one attached hydrogen (secondary N) is 1. The van der Waals surface area contributed by atoms with Crippen LogP contribution in [0.3, 0.4) is 0 Å². The highest BCUT2D eigenvalue weighted by atomic mass is 19.1. The van der Waals surface area contributed by atoms with Gasteiger partial charge in [-0.05, 0) is 12.8 Å². The highest BCUT2D eigenvalue weighted by Crippen LogP contribution is 2.18. The van der Waals surface area contributed by atoms with Gasteiger partial charge in [0.2, 0.25) is 11.9 Å². The van der Waals surface area contributed by atoms with E-state index in [0.29, 0.717) is 0 Å². The molecule has 17 heavy (non-hydrogen) atoms. The number of carbonyl (C=O) groups excluding carboxylic acids is 1. The van der Waals surface area contributed by atoms with Crippen LogP contribution in [-0.2, 0) is 0 Å². The summed E-state index contributed by atoms with van der Waals surface area (Å²) >= 11 is 0. The van der Waals surface area contributed by atoms with Crippen molar-refractivity contribution in [1.29, 1.82) is 0 Å². The van der Waals surface area contributed by atoms with Gasteiger partial charge >= 0.3 is 0 Å². The number of hydrogen-bond acceptors (Lipinski definition) is 2. The summed E-state index contributed by atoms with van der Waals surface area (Å²) in [5.74, 6) is -2.38. The molecule has 3 nitrogen and oxygen atoms in total. The molecule has 1 saturated carbocycles. The summed E-state index contributed by atoms with van der Waals surface area (Å²) in [6.07, 6.45) is 5.22. The fourth-order valence-electron chi connectivity index (χ4n) is 2.11. The smallest absolute Gasteiger partial charge is 0.251 e. The van der Waals surface area contributed by atoms with Crippen LogP contribution in [0.4, 0.5) is 8.78 Å². The van der Waals surface area contributed by atoms with Crippen molar-refractivity contribution >= 4 is 5.91 Å². The third-order valence-corrected chi connectivity index (χ3v) is 2.97. The Bertz CT molecular complexity index is 397. The van der Waals surface area contributed by atoms with Gasteiger partial charge < -0.3 is 5.32 Å². The first-order chi connectivity index (χ1) is 8.15. The lowest BCUT2D eigenvalue weighted by atomic mass is 9.95. The molecule has 1 heterocycles. The highest BCUT2D eigenvalue weighted by molar-refractivity contribution is 5.94. The molecule has 92 valence electrons. The number of aromatic nitrogens is 1. The van der Waals surface area contributed by atoms with E-state index in [2.05, 4.69) is 10.3 Å². The number of hydrogen-bond donors (Lipinski definition) is 1. The molecule has 1 aliphatic rings. The number of nitrogens with zero attached hydrogens (tertiary/aromatic N) is 1. The average Bonchev–Trinajstić information content (AvgIpc) is 2.29. The van der Waals surface area contributed by atoms with E-state index in [0.717, 1.165) is 37.8 Å². The second-order valence-electron chi connectivity index (χ2n) is 4.31.